The summed E-state index contributed by atoms with van der Waals surface area (Å²) in [6, 6.07) is 5.72. The molecule has 0 unspecified atom stereocenters. The van der Waals surface area contributed by atoms with Gasteiger partial charge in [-0.05, 0) is 38.5 Å². The number of hydrogen-bond acceptors (Lipinski definition) is 4. The fraction of sp³-hybridized carbons (Fsp3) is 0.611. The van der Waals surface area contributed by atoms with E-state index < -0.39 is 0 Å². The van der Waals surface area contributed by atoms with Gasteiger partial charge in [0.15, 0.2) is 0 Å². The summed E-state index contributed by atoms with van der Waals surface area (Å²) >= 11 is 6.13. The van der Waals surface area contributed by atoms with Gasteiger partial charge in [-0.25, -0.2) is 4.79 Å². The molecule has 3 atom stereocenters. The molecule has 2 saturated heterocycles. The number of amides is 2. The Balaban J connectivity index is 1.60. The molecule has 1 N–H and O–H groups in total. The first-order chi connectivity index (χ1) is 12.0. The number of methoxy groups -OCH3 is 1. The van der Waals surface area contributed by atoms with Gasteiger partial charge in [0, 0.05) is 37.2 Å². The molecular weight excluding hydrogens is 342 g/mol. The number of hydrogen-bond donors (Lipinski definition) is 1. The van der Waals surface area contributed by atoms with Gasteiger partial charge >= 0.3 is 6.03 Å². The van der Waals surface area contributed by atoms with E-state index in [-0.39, 0.29) is 24.3 Å². The Hall–Kier alpha value is -1.66. The zero-order chi connectivity index (χ0) is 18.0. The van der Waals surface area contributed by atoms with Crippen molar-refractivity contribution in [2.24, 2.45) is 0 Å². The molecule has 2 amide bonds. The number of urea groups is 1. The molecular formula is C18H26ClN3O3. The summed E-state index contributed by atoms with van der Waals surface area (Å²) in [5, 5.41) is 3.84. The number of nitrogens with one attached hydrogen (secondary N) is 1. The van der Waals surface area contributed by atoms with E-state index >= 15 is 0 Å². The molecule has 2 aliphatic heterocycles. The number of carbonyl (C=O) groups excluding carboxylic acids is 1. The predicted molar refractivity (Wildman–Crippen MR) is 98.7 cm³/mol. The normalized spacial score (nSPS) is 26.6. The number of carbonyl (C=O) groups is 1. The van der Waals surface area contributed by atoms with Gasteiger partial charge in [0.25, 0.3) is 0 Å². The smallest absolute Gasteiger partial charge is 0.317 e. The maximum absolute atomic E-state index is 12.6. The predicted octanol–water partition coefficient (Wildman–Crippen LogP) is 2.75. The van der Waals surface area contributed by atoms with Crippen LogP contribution in [0, 0.1) is 0 Å². The minimum absolute atomic E-state index is 0.00749. The SMILES string of the molecule is COc1ccc(Cl)cc1N1CC[C@H](NC(=O)N2C[C@@H](C)O[C@@H](C)C2)C1. The van der Waals surface area contributed by atoms with Crippen molar-refractivity contribution in [2.75, 3.05) is 38.2 Å². The number of rotatable bonds is 3. The second-order valence-electron chi connectivity index (χ2n) is 6.86. The summed E-state index contributed by atoms with van der Waals surface area (Å²) in [4.78, 5) is 16.6. The average molecular weight is 368 g/mol. The van der Waals surface area contributed by atoms with Crippen LogP contribution in [0.5, 0.6) is 5.75 Å². The first kappa shape index (κ1) is 18.1. The van der Waals surface area contributed by atoms with Crippen LogP contribution < -0.4 is 15.0 Å². The molecule has 0 aromatic heterocycles. The van der Waals surface area contributed by atoms with E-state index in [1.165, 1.54) is 0 Å². The maximum atomic E-state index is 12.6. The number of nitrogens with zero attached hydrogens (tertiary/aromatic N) is 2. The lowest BCUT2D eigenvalue weighted by atomic mass is 10.2. The van der Waals surface area contributed by atoms with E-state index in [9.17, 15) is 4.79 Å². The summed E-state index contributed by atoms with van der Waals surface area (Å²) in [5.74, 6) is 0.798. The van der Waals surface area contributed by atoms with Crippen LogP contribution in [0.25, 0.3) is 0 Å². The van der Waals surface area contributed by atoms with Gasteiger partial charge in [-0.1, -0.05) is 11.6 Å². The van der Waals surface area contributed by atoms with Crippen molar-refractivity contribution in [1.29, 1.82) is 0 Å². The Labute approximate surface area is 154 Å². The number of benzene rings is 1. The Bertz CT molecular complexity index is 618. The number of morpholine rings is 1. The summed E-state index contributed by atoms with van der Waals surface area (Å²) in [6.07, 6.45) is 1.05. The van der Waals surface area contributed by atoms with Crippen molar-refractivity contribution in [3.63, 3.8) is 0 Å². The molecule has 1 aromatic carbocycles. The third-order valence-electron chi connectivity index (χ3n) is 4.70. The lowest BCUT2D eigenvalue weighted by Gasteiger charge is -2.35. The van der Waals surface area contributed by atoms with Gasteiger partial charge in [-0.15, -0.1) is 0 Å². The molecule has 0 spiro atoms. The van der Waals surface area contributed by atoms with E-state index in [1.807, 2.05) is 36.9 Å². The summed E-state index contributed by atoms with van der Waals surface area (Å²) < 4.78 is 11.1. The minimum Gasteiger partial charge on any atom is -0.495 e. The van der Waals surface area contributed by atoms with Gasteiger partial charge in [-0.3, -0.25) is 0 Å². The third kappa shape index (κ3) is 4.30. The summed E-state index contributed by atoms with van der Waals surface area (Å²) in [5.41, 5.74) is 0.973. The van der Waals surface area contributed by atoms with Crippen molar-refractivity contribution in [3.8, 4) is 5.75 Å². The molecule has 0 bridgehead atoms. The van der Waals surface area contributed by atoms with Crippen molar-refractivity contribution in [3.05, 3.63) is 23.2 Å². The van der Waals surface area contributed by atoms with E-state index in [4.69, 9.17) is 21.1 Å². The zero-order valence-corrected chi connectivity index (χ0v) is 15.8. The van der Waals surface area contributed by atoms with Gasteiger partial charge in [-0.2, -0.15) is 0 Å². The van der Waals surface area contributed by atoms with E-state index in [1.54, 1.807) is 7.11 Å². The van der Waals surface area contributed by atoms with Gasteiger partial charge in [0.05, 0.1) is 25.0 Å². The number of ether oxygens (including phenoxy) is 2. The lowest BCUT2D eigenvalue weighted by molar-refractivity contribution is -0.0547. The van der Waals surface area contributed by atoms with E-state index in [2.05, 4.69) is 10.2 Å². The highest BCUT2D eigenvalue weighted by molar-refractivity contribution is 6.30. The van der Waals surface area contributed by atoms with Gasteiger partial charge in [0.1, 0.15) is 5.75 Å². The molecule has 138 valence electrons. The largest absolute Gasteiger partial charge is 0.495 e. The lowest BCUT2D eigenvalue weighted by Crippen LogP contribution is -2.53. The Morgan fingerprint density at radius 2 is 2.00 bits per heavy atom. The quantitative estimate of drug-likeness (QED) is 0.892. The van der Waals surface area contributed by atoms with Crippen LogP contribution in [0.3, 0.4) is 0 Å². The Morgan fingerprint density at radius 3 is 2.68 bits per heavy atom. The molecule has 3 rings (SSSR count). The molecule has 2 aliphatic rings. The fourth-order valence-corrected chi connectivity index (χ4v) is 3.78. The fourth-order valence-electron chi connectivity index (χ4n) is 3.62. The van der Waals surface area contributed by atoms with Gasteiger partial charge < -0.3 is 24.6 Å². The highest BCUT2D eigenvalue weighted by Gasteiger charge is 2.30. The first-order valence-electron chi connectivity index (χ1n) is 8.75. The van der Waals surface area contributed by atoms with Gasteiger partial charge in [0.2, 0.25) is 0 Å². The van der Waals surface area contributed by atoms with E-state index in [0.717, 1.165) is 30.9 Å². The van der Waals surface area contributed by atoms with Crippen LogP contribution in [-0.4, -0.2) is 62.5 Å². The van der Waals surface area contributed by atoms with Crippen LogP contribution >= 0.6 is 11.6 Å². The molecule has 7 heteroatoms. The minimum atomic E-state index is -0.00749. The summed E-state index contributed by atoms with van der Waals surface area (Å²) in [6.45, 7) is 6.87. The standard InChI is InChI=1S/C18H26ClN3O3/c1-12-9-22(10-13(2)25-12)18(23)20-15-6-7-21(11-15)16-8-14(19)4-5-17(16)24-3/h4-5,8,12-13,15H,6-7,9-11H2,1-3H3,(H,20,23)/t12-,13+,15-/m0/s1. The second kappa shape index (κ2) is 7.70. The van der Waals surface area contributed by atoms with Crippen LogP contribution in [0.15, 0.2) is 18.2 Å². The molecule has 0 radical (unpaired) electrons. The highest BCUT2D eigenvalue weighted by atomic mass is 35.5. The van der Waals surface area contributed by atoms with Crippen molar-refractivity contribution in [2.45, 2.75) is 38.5 Å². The van der Waals surface area contributed by atoms with Crippen LogP contribution in [0.2, 0.25) is 5.02 Å². The third-order valence-corrected chi connectivity index (χ3v) is 4.94. The van der Waals surface area contributed by atoms with Crippen molar-refractivity contribution >= 4 is 23.3 Å². The van der Waals surface area contributed by atoms with Crippen LogP contribution in [0.4, 0.5) is 10.5 Å². The zero-order valence-electron chi connectivity index (χ0n) is 15.0. The molecule has 25 heavy (non-hydrogen) atoms. The molecule has 0 saturated carbocycles. The number of halogens is 1. The molecule has 6 nitrogen and oxygen atoms in total. The molecule has 2 heterocycles. The summed E-state index contributed by atoms with van der Waals surface area (Å²) in [7, 11) is 1.66. The average Bonchev–Trinajstić information content (AvgIpc) is 3.02. The first-order valence-corrected chi connectivity index (χ1v) is 9.13. The van der Waals surface area contributed by atoms with Crippen LogP contribution in [0.1, 0.15) is 20.3 Å². The second-order valence-corrected chi connectivity index (χ2v) is 7.30. The molecule has 0 aliphatic carbocycles. The van der Waals surface area contributed by atoms with Crippen molar-refractivity contribution in [1.82, 2.24) is 10.2 Å². The van der Waals surface area contributed by atoms with Crippen LogP contribution in [-0.2, 0) is 4.74 Å². The monoisotopic (exact) mass is 367 g/mol. The molecule has 2 fully saturated rings. The van der Waals surface area contributed by atoms with Crippen molar-refractivity contribution < 1.29 is 14.3 Å². The van der Waals surface area contributed by atoms with E-state index in [0.29, 0.717) is 18.1 Å². The maximum Gasteiger partial charge on any atom is 0.317 e. The number of anilines is 1. The topological polar surface area (TPSA) is 54.0 Å². The Kier molecular flexibility index (Phi) is 5.59. The molecule has 1 aromatic rings. The Morgan fingerprint density at radius 1 is 1.28 bits per heavy atom. The highest BCUT2D eigenvalue weighted by Crippen LogP contribution is 2.33.